The van der Waals surface area contributed by atoms with Crippen molar-refractivity contribution in [2.45, 2.75) is 12.6 Å². The van der Waals surface area contributed by atoms with E-state index >= 15 is 0 Å². The number of hydrogen-bond acceptors (Lipinski definition) is 6. The van der Waals surface area contributed by atoms with Gasteiger partial charge in [-0.25, -0.2) is 14.2 Å². The van der Waals surface area contributed by atoms with Crippen LogP contribution in [0.4, 0.5) is 28.9 Å². The van der Waals surface area contributed by atoms with Gasteiger partial charge < -0.3 is 19.5 Å². The highest BCUT2D eigenvalue weighted by Crippen LogP contribution is 2.33. The highest BCUT2D eigenvalue weighted by Gasteiger charge is 2.34. The molecule has 2 aromatic heterocycles. The molecule has 0 atom stereocenters. The molecular weight excluding hydrogens is 450 g/mol. The standard InChI is InChI=1S/C20H17F4N5O4/c21-14-9-12(2-3-13(14)20(22,23)24)28-4-1-5-29(7-6-28)18(31)17(30)26-11-8-15-16(25-10-11)27-19(32)33-15/h2-3,8-10H,1,4-7H2,(H,26,30)(H,25,27,32). The van der Waals surface area contributed by atoms with E-state index < -0.39 is 35.1 Å². The molecule has 2 N–H and O–H groups in total. The zero-order valence-corrected chi connectivity index (χ0v) is 16.9. The van der Waals surface area contributed by atoms with Crippen molar-refractivity contribution in [2.75, 3.05) is 36.4 Å². The number of aromatic nitrogens is 2. The SMILES string of the molecule is O=C(Nc1cnc2[nH]c(=O)oc2c1)C(=O)N1CCCN(c2ccc(C(F)(F)F)c(F)c2)CC1. The number of H-pyrrole nitrogens is 1. The van der Waals surface area contributed by atoms with Crippen LogP contribution >= 0.6 is 0 Å². The van der Waals surface area contributed by atoms with Gasteiger partial charge in [0.1, 0.15) is 5.82 Å². The number of rotatable bonds is 2. The lowest BCUT2D eigenvalue weighted by molar-refractivity contribution is -0.143. The van der Waals surface area contributed by atoms with Gasteiger partial charge in [-0.1, -0.05) is 0 Å². The summed E-state index contributed by atoms with van der Waals surface area (Å²) < 4.78 is 57.1. The zero-order chi connectivity index (χ0) is 23.8. The second-order valence-electron chi connectivity index (χ2n) is 7.33. The van der Waals surface area contributed by atoms with E-state index in [9.17, 15) is 31.9 Å². The van der Waals surface area contributed by atoms with Gasteiger partial charge in [-0.2, -0.15) is 13.2 Å². The van der Waals surface area contributed by atoms with Crippen LogP contribution in [0.15, 0.2) is 39.7 Å². The van der Waals surface area contributed by atoms with E-state index in [4.69, 9.17) is 4.42 Å². The Balaban J connectivity index is 1.40. The zero-order valence-electron chi connectivity index (χ0n) is 16.9. The summed E-state index contributed by atoms with van der Waals surface area (Å²) in [5.41, 5.74) is -0.635. The van der Waals surface area contributed by atoms with Gasteiger partial charge in [-0.05, 0) is 24.6 Å². The molecule has 1 aromatic carbocycles. The number of pyridine rings is 1. The Bertz CT molecular complexity index is 1270. The van der Waals surface area contributed by atoms with Gasteiger partial charge in [0.25, 0.3) is 0 Å². The largest absolute Gasteiger partial charge is 0.419 e. The van der Waals surface area contributed by atoms with E-state index in [0.717, 1.165) is 6.07 Å². The topological polar surface area (TPSA) is 112 Å². The number of nitrogens with zero attached hydrogens (tertiary/aromatic N) is 3. The summed E-state index contributed by atoms with van der Waals surface area (Å²) in [6.45, 7) is 0.907. The highest BCUT2D eigenvalue weighted by atomic mass is 19.4. The van der Waals surface area contributed by atoms with Crippen molar-refractivity contribution in [1.82, 2.24) is 14.9 Å². The molecule has 0 radical (unpaired) electrons. The number of amides is 2. The minimum atomic E-state index is -4.79. The van der Waals surface area contributed by atoms with Crippen molar-refractivity contribution in [3.05, 3.63) is 52.4 Å². The van der Waals surface area contributed by atoms with Crippen molar-refractivity contribution in [3.63, 3.8) is 0 Å². The van der Waals surface area contributed by atoms with Gasteiger partial charge in [0.15, 0.2) is 11.2 Å². The number of hydrogen-bond donors (Lipinski definition) is 2. The number of carbonyl (C=O) groups excluding carboxylic acids is 2. The third-order valence-corrected chi connectivity index (χ3v) is 5.13. The summed E-state index contributed by atoms with van der Waals surface area (Å²) in [4.78, 5) is 45.4. The average molecular weight is 467 g/mol. The lowest BCUT2D eigenvalue weighted by Crippen LogP contribution is -2.41. The van der Waals surface area contributed by atoms with Crippen molar-refractivity contribution < 1.29 is 31.6 Å². The van der Waals surface area contributed by atoms with Gasteiger partial charge >= 0.3 is 23.7 Å². The summed E-state index contributed by atoms with van der Waals surface area (Å²) in [6, 6.07) is 4.02. The maximum Gasteiger partial charge on any atom is 0.419 e. The Morgan fingerprint density at radius 3 is 2.64 bits per heavy atom. The van der Waals surface area contributed by atoms with Crippen LogP contribution < -0.4 is 16.0 Å². The first kappa shape index (κ1) is 22.3. The Morgan fingerprint density at radius 2 is 1.91 bits per heavy atom. The number of alkyl halides is 3. The molecule has 0 spiro atoms. The number of nitrogens with one attached hydrogen (secondary N) is 2. The Hall–Kier alpha value is -3.90. The third kappa shape index (κ3) is 4.81. The number of fused-ring (bicyclic) bond motifs is 1. The van der Waals surface area contributed by atoms with Crippen molar-refractivity contribution in [3.8, 4) is 0 Å². The molecule has 0 saturated carbocycles. The minimum Gasteiger partial charge on any atom is -0.406 e. The molecule has 3 heterocycles. The van der Waals surface area contributed by atoms with Gasteiger partial charge in [-0.15, -0.1) is 0 Å². The molecule has 1 fully saturated rings. The van der Waals surface area contributed by atoms with Crippen molar-refractivity contribution >= 4 is 34.4 Å². The van der Waals surface area contributed by atoms with Crippen LogP contribution in [-0.4, -0.2) is 52.9 Å². The van der Waals surface area contributed by atoms with Gasteiger partial charge in [0.2, 0.25) is 0 Å². The molecule has 3 aromatic rings. The quantitative estimate of drug-likeness (QED) is 0.442. The van der Waals surface area contributed by atoms with E-state index in [1.54, 1.807) is 4.90 Å². The molecule has 4 rings (SSSR count). The summed E-state index contributed by atoms with van der Waals surface area (Å²) in [6.07, 6.45) is -3.11. The normalized spacial score (nSPS) is 14.9. The highest BCUT2D eigenvalue weighted by molar-refractivity contribution is 6.39. The van der Waals surface area contributed by atoms with Crippen LogP contribution in [0.1, 0.15) is 12.0 Å². The monoisotopic (exact) mass is 467 g/mol. The van der Waals surface area contributed by atoms with Crippen LogP contribution in [0.5, 0.6) is 0 Å². The number of aromatic amines is 1. The number of halogens is 4. The van der Waals surface area contributed by atoms with Gasteiger partial charge in [-0.3, -0.25) is 14.6 Å². The summed E-state index contributed by atoms with van der Waals surface area (Å²) in [5.74, 6) is -3.83. The fourth-order valence-electron chi connectivity index (χ4n) is 3.54. The molecule has 1 aliphatic rings. The Labute approximate surface area is 183 Å². The number of carbonyl (C=O) groups is 2. The fraction of sp³-hybridized carbons (Fsp3) is 0.300. The summed E-state index contributed by atoms with van der Waals surface area (Å²) >= 11 is 0. The molecule has 0 unspecified atom stereocenters. The molecule has 2 amide bonds. The van der Waals surface area contributed by atoms with Gasteiger partial charge in [0, 0.05) is 37.9 Å². The van der Waals surface area contributed by atoms with Crippen LogP contribution in [0.25, 0.3) is 11.2 Å². The molecule has 1 aliphatic heterocycles. The first-order valence-electron chi connectivity index (χ1n) is 9.82. The van der Waals surface area contributed by atoms with E-state index in [1.807, 2.05) is 0 Å². The summed E-state index contributed by atoms with van der Waals surface area (Å²) in [5, 5.41) is 2.39. The van der Waals surface area contributed by atoms with Gasteiger partial charge in [0.05, 0.1) is 17.4 Å². The Kier molecular flexibility index (Phi) is 5.78. The number of oxazole rings is 1. The number of benzene rings is 1. The second kappa shape index (κ2) is 8.56. The first-order valence-corrected chi connectivity index (χ1v) is 9.82. The lowest BCUT2D eigenvalue weighted by atomic mass is 10.1. The van der Waals surface area contributed by atoms with Crippen LogP contribution in [0, 0.1) is 5.82 Å². The minimum absolute atomic E-state index is 0.110. The Morgan fingerprint density at radius 1 is 1.12 bits per heavy atom. The first-order chi connectivity index (χ1) is 15.6. The van der Waals surface area contributed by atoms with E-state index in [2.05, 4.69) is 15.3 Å². The van der Waals surface area contributed by atoms with E-state index in [-0.39, 0.29) is 42.2 Å². The van der Waals surface area contributed by atoms with E-state index in [0.29, 0.717) is 19.0 Å². The predicted octanol–water partition coefficient (Wildman–Crippen LogP) is 2.35. The molecule has 0 aliphatic carbocycles. The second-order valence-corrected chi connectivity index (χ2v) is 7.33. The molecule has 9 nitrogen and oxygen atoms in total. The molecule has 13 heteroatoms. The van der Waals surface area contributed by atoms with Crippen LogP contribution in [0.2, 0.25) is 0 Å². The van der Waals surface area contributed by atoms with Crippen LogP contribution in [-0.2, 0) is 15.8 Å². The molecule has 0 bridgehead atoms. The maximum atomic E-state index is 13.9. The lowest BCUT2D eigenvalue weighted by Gasteiger charge is -2.24. The van der Waals surface area contributed by atoms with Crippen molar-refractivity contribution in [1.29, 1.82) is 0 Å². The average Bonchev–Trinajstić information content (AvgIpc) is 2.95. The summed E-state index contributed by atoms with van der Waals surface area (Å²) in [7, 11) is 0. The molecule has 1 saturated heterocycles. The molecule has 33 heavy (non-hydrogen) atoms. The van der Waals surface area contributed by atoms with Crippen LogP contribution in [0.3, 0.4) is 0 Å². The molecule has 174 valence electrons. The smallest absolute Gasteiger partial charge is 0.406 e. The maximum absolute atomic E-state index is 13.9. The van der Waals surface area contributed by atoms with E-state index in [1.165, 1.54) is 23.2 Å². The third-order valence-electron chi connectivity index (χ3n) is 5.13. The fourth-order valence-corrected chi connectivity index (χ4v) is 3.54. The molecular formula is C20H17F4N5O4. The predicted molar refractivity (Wildman–Crippen MR) is 108 cm³/mol. The number of anilines is 2. The van der Waals surface area contributed by atoms with Crippen molar-refractivity contribution in [2.24, 2.45) is 0 Å².